The van der Waals surface area contributed by atoms with E-state index in [2.05, 4.69) is 27.7 Å². The van der Waals surface area contributed by atoms with Crippen LogP contribution in [0.3, 0.4) is 0 Å². The normalized spacial score (nSPS) is 63.0. The molecule has 6 fully saturated rings. The maximum Gasteiger partial charge on any atom is 0.165 e. The monoisotopic (exact) mass is 430 g/mol. The van der Waals surface area contributed by atoms with E-state index in [1.54, 1.807) is 0 Å². The van der Waals surface area contributed by atoms with E-state index in [1.165, 1.54) is 12.8 Å². The number of Topliss-reactive ketones (excluding diaryl/α,β-unsaturated/α-hetero) is 1. The molecule has 6 rings (SSSR count). The van der Waals surface area contributed by atoms with Gasteiger partial charge in [0.2, 0.25) is 0 Å². The zero-order valence-electron chi connectivity index (χ0n) is 19.8. The lowest BCUT2D eigenvalue weighted by Gasteiger charge is -2.61. The molecule has 4 nitrogen and oxygen atoms in total. The first kappa shape index (κ1) is 21.1. The SMILES string of the molecule is CC1CC2OCC(O)C2(C)C2CC3C4C(O)C(=O)C5CCCCC5(C)C4CCC3(C)C12. The van der Waals surface area contributed by atoms with Gasteiger partial charge in [-0.15, -0.1) is 0 Å². The molecular weight excluding hydrogens is 388 g/mol. The number of fused-ring (bicyclic) bond motifs is 9. The predicted octanol–water partition coefficient (Wildman–Crippen LogP) is 4.22. The number of carbonyl (C=O) groups is 1. The van der Waals surface area contributed by atoms with Crippen molar-refractivity contribution in [3.05, 3.63) is 0 Å². The topological polar surface area (TPSA) is 66.8 Å². The van der Waals surface area contributed by atoms with E-state index in [9.17, 15) is 15.0 Å². The summed E-state index contributed by atoms with van der Waals surface area (Å²) >= 11 is 0. The molecule has 0 aromatic heterocycles. The maximum absolute atomic E-state index is 13.5. The molecule has 174 valence electrons. The van der Waals surface area contributed by atoms with E-state index in [0.29, 0.717) is 36.2 Å². The molecule has 0 aromatic rings. The quantitative estimate of drug-likeness (QED) is 0.604. The van der Waals surface area contributed by atoms with Crippen molar-refractivity contribution in [2.75, 3.05) is 6.61 Å². The maximum atomic E-state index is 13.5. The van der Waals surface area contributed by atoms with Crippen molar-refractivity contribution in [3.8, 4) is 0 Å². The molecule has 0 amide bonds. The molecule has 1 saturated heterocycles. The summed E-state index contributed by atoms with van der Waals surface area (Å²) in [5.74, 6) is 2.71. The molecule has 13 unspecified atom stereocenters. The van der Waals surface area contributed by atoms with Gasteiger partial charge >= 0.3 is 0 Å². The number of ketones is 1. The van der Waals surface area contributed by atoms with Gasteiger partial charge in [0, 0.05) is 11.3 Å². The predicted molar refractivity (Wildman–Crippen MR) is 118 cm³/mol. The first-order valence-electron chi connectivity index (χ1n) is 13.2. The highest BCUT2D eigenvalue weighted by Gasteiger charge is 2.71. The molecule has 5 saturated carbocycles. The number of aliphatic hydroxyl groups is 2. The van der Waals surface area contributed by atoms with E-state index in [1.807, 2.05) is 0 Å². The summed E-state index contributed by atoms with van der Waals surface area (Å²) in [6, 6.07) is 0. The van der Waals surface area contributed by atoms with Crippen molar-refractivity contribution >= 4 is 5.78 Å². The Kier molecular flexibility index (Phi) is 4.47. The number of ether oxygens (including phenoxy) is 1. The summed E-state index contributed by atoms with van der Waals surface area (Å²) in [5, 5.41) is 22.5. The third kappa shape index (κ3) is 2.41. The summed E-state index contributed by atoms with van der Waals surface area (Å²) in [6.45, 7) is 10.0. The lowest BCUT2D eigenvalue weighted by Crippen LogP contribution is -2.62. The summed E-state index contributed by atoms with van der Waals surface area (Å²) in [4.78, 5) is 13.5. The first-order valence-corrected chi connectivity index (χ1v) is 13.2. The second kappa shape index (κ2) is 6.57. The Morgan fingerprint density at radius 1 is 0.935 bits per heavy atom. The average molecular weight is 431 g/mol. The molecular formula is C27H42O4. The fraction of sp³-hybridized carbons (Fsp3) is 0.963. The van der Waals surface area contributed by atoms with Crippen LogP contribution in [0.25, 0.3) is 0 Å². The van der Waals surface area contributed by atoms with E-state index in [4.69, 9.17) is 4.74 Å². The molecule has 5 aliphatic carbocycles. The third-order valence-corrected chi connectivity index (χ3v) is 12.4. The van der Waals surface area contributed by atoms with Crippen LogP contribution in [0.5, 0.6) is 0 Å². The third-order valence-electron chi connectivity index (χ3n) is 12.4. The minimum absolute atomic E-state index is 0.0661. The summed E-state index contributed by atoms with van der Waals surface area (Å²) < 4.78 is 6.12. The van der Waals surface area contributed by atoms with Crippen molar-refractivity contribution in [1.29, 1.82) is 0 Å². The Hall–Kier alpha value is -0.450. The van der Waals surface area contributed by atoms with Crippen LogP contribution in [0.1, 0.15) is 79.1 Å². The van der Waals surface area contributed by atoms with Gasteiger partial charge in [0.15, 0.2) is 5.78 Å². The van der Waals surface area contributed by atoms with Crippen molar-refractivity contribution in [3.63, 3.8) is 0 Å². The van der Waals surface area contributed by atoms with Crippen LogP contribution in [0.15, 0.2) is 0 Å². The Bertz CT molecular complexity index is 781. The molecule has 4 heteroatoms. The molecule has 1 aliphatic heterocycles. The van der Waals surface area contributed by atoms with Gasteiger partial charge in [-0.05, 0) is 84.9 Å². The number of rotatable bonds is 0. The van der Waals surface area contributed by atoms with Gasteiger partial charge in [0.1, 0.15) is 6.10 Å². The smallest absolute Gasteiger partial charge is 0.165 e. The zero-order valence-corrected chi connectivity index (χ0v) is 19.8. The molecule has 13 atom stereocenters. The Morgan fingerprint density at radius 2 is 1.71 bits per heavy atom. The zero-order chi connectivity index (χ0) is 21.9. The van der Waals surface area contributed by atoms with Crippen LogP contribution in [0.2, 0.25) is 0 Å². The number of aliphatic hydroxyl groups excluding tert-OH is 2. The van der Waals surface area contributed by atoms with Crippen LogP contribution < -0.4 is 0 Å². The summed E-state index contributed by atoms with van der Waals surface area (Å²) in [6.07, 6.45) is 7.91. The van der Waals surface area contributed by atoms with Gasteiger partial charge in [0.05, 0.1) is 18.8 Å². The highest BCUT2D eigenvalue weighted by Crippen LogP contribution is 2.73. The van der Waals surface area contributed by atoms with Crippen molar-refractivity contribution in [1.82, 2.24) is 0 Å². The summed E-state index contributed by atoms with van der Waals surface area (Å²) in [7, 11) is 0. The van der Waals surface area contributed by atoms with Crippen LogP contribution in [0.4, 0.5) is 0 Å². The van der Waals surface area contributed by atoms with E-state index < -0.39 is 12.2 Å². The molecule has 1 heterocycles. The molecule has 0 spiro atoms. The minimum Gasteiger partial charge on any atom is -0.390 e. The fourth-order valence-electron chi connectivity index (χ4n) is 10.9. The standard InChI is InChI=1S/C27H42O4/c1-14-11-20-27(4,19(28)13-31-20)18-12-17-21-15(8-10-26(17,3)22(14)18)25(2)9-6-5-7-16(25)23(29)24(21)30/h14-22,24,28,30H,5-13H2,1-4H3. The first-order chi connectivity index (χ1) is 14.6. The molecule has 0 aromatic carbocycles. The largest absolute Gasteiger partial charge is 0.390 e. The van der Waals surface area contributed by atoms with Crippen LogP contribution in [-0.2, 0) is 9.53 Å². The van der Waals surface area contributed by atoms with Gasteiger partial charge < -0.3 is 14.9 Å². The molecule has 0 bridgehead atoms. The fourth-order valence-corrected chi connectivity index (χ4v) is 10.9. The second-order valence-electron chi connectivity index (χ2n) is 13.3. The second-order valence-corrected chi connectivity index (χ2v) is 13.3. The van der Waals surface area contributed by atoms with Crippen LogP contribution >= 0.6 is 0 Å². The highest BCUT2D eigenvalue weighted by molar-refractivity contribution is 5.87. The van der Waals surface area contributed by atoms with Crippen LogP contribution in [-0.4, -0.2) is 40.9 Å². The van der Waals surface area contributed by atoms with Gasteiger partial charge in [-0.25, -0.2) is 0 Å². The lowest BCUT2D eigenvalue weighted by atomic mass is 9.43. The minimum atomic E-state index is -0.783. The number of hydrogen-bond donors (Lipinski definition) is 2. The Labute approximate surface area is 187 Å². The highest BCUT2D eigenvalue weighted by atomic mass is 16.5. The molecule has 31 heavy (non-hydrogen) atoms. The van der Waals surface area contributed by atoms with Gasteiger partial charge in [-0.3, -0.25) is 4.79 Å². The molecule has 0 radical (unpaired) electrons. The van der Waals surface area contributed by atoms with Crippen molar-refractivity contribution < 1.29 is 19.7 Å². The van der Waals surface area contributed by atoms with Gasteiger partial charge in [-0.1, -0.05) is 40.5 Å². The van der Waals surface area contributed by atoms with Crippen molar-refractivity contribution in [2.45, 2.75) is 97.4 Å². The average Bonchev–Trinajstić information content (AvgIpc) is 3.21. The lowest BCUT2D eigenvalue weighted by molar-refractivity contribution is -0.180. The van der Waals surface area contributed by atoms with E-state index in [-0.39, 0.29) is 40.0 Å². The summed E-state index contributed by atoms with van der Waals surface area (Å²) in [5.41, 5.74) is 0.0386. The number of hydrogen-bond acceptors (Lipinski definition) is 4. The Balaban J connectivity index is 1.42. The van der Waals surface area contributed by atoms with E-state index in [0.717, 1.165) is 38.5 Å². The van der Waals surface area contributed by atoms with E-state index >= 15 is 0 Å². The number of carbonyl (C=O) groups excluding carboxylic acids is 1. The molecule has 6 aliphatic rings. The van der Waals surface area contributed by atoms with Crippen LogP contribution in [0, 0.1) is 57.7 Å². The van der Waals surface area contributed by atoms with Crippen molar-refractivity contribution in [2.24, 2.45) is 57.7 Å². The van der Waals surface area contributed by atoms with Gasteiger partial charge in [-0.2, -0.15) is 0 Å². The molecule has 2 N–H and O–H groups in total. The van der Waals surface area contributed by atoms with Gasteiger partial charge in [0.25, 0.3) is 0 Å². The Morgan fingerprint density at radius 3 is 2.48 bits per heavy atom.